The summed E-state index contributed by atoms with van der Waals surface area (Å²) in [5, 5.41) is 1.000. The van der Waals surface area contributed by atoms with Gasteiger partial charge in [-0.15, -0.1) is 0 Å². The first-order valence-corrected chi connectivity index (χ1v) is 5.09. The molecular weight excluding hydrogens is 216 g/mol. The van der Waals surface area contributed by atoms with Crippen LogP contribution in [0.1, 0.15) is 11.1 Å². The van der Waals surface area contributed by atoms with Gasteiger partial charge in [0.2, 0.25) is 0 Å². The summed E-state index contributed by atoms with van der Waals surface area (Å²) in [7, 11) is 1.70. The Bertz CT molecular complexity index is 258. The molecule has 0 saturated heterocycles. The van der Waals surface area contributed by atoms with Crippen molar-refractivity contribution in [1.82, 2.24) is 0 Å². The Labute approximate surface area is 81.9 Å². The van der Waals surface area contributed by atoms with Gasteiger partial charge >= 0.3 is 0 Å². The average Bonchev–Trinajstić information content (AvgIpc) is 2.04. The number of ether oxygens (including phenoxy) is 1. The molecule has 0 N–H and O–H groups in total. The lowest BCUT2D eigenvalue weighted by atomic mass is 10.1. The normalized spacial score (nSPS) is 9.92. The van der Waals surface area contributed by atoms with Gasteiger partial charge in [-0.3, -0.25) is 0 Å². The predicted octanol–water partition coefficient (Wildman–Crippen LogP) is 2.94. The van der Waals surface area contributed by atoms with E-state index >= 15 is 0 Å². The van der Waals surface area contributed by atoms with Gasteiger partial charge in [-0.1, -0.05) is 22.0 Å². The molecule has 1 aromatic carbocycles. The van der Waals surface area contributed by atoms with E-state index < -0.39 is 0 Å². The minimum absolute atomic E-state index is 0.950. The van der Waals surface area contributed by atoms with Crippen molar-refractivity contribution in [3.63, 3.8) is 0 Å². The average molecular weight is 229 g/mol. The summed E-state index contributed by atoms with van der Waals surface area (Å²) in [6.45, 7) is 2.08. The number of hydrogen-bond donors (Lipinski definition) is 0. The molecule has 1 aromatic rings. The molecule has 1 rings (SSSR count). The number of alkyl halides is 1. The summed E-state index contributed by atoms with van der Waals surface area (Å²) >= 11 is 3.42. The molecule has 0 radical (unpaired) electrons. The molecule has 66 valence electrons. The summed E-state index contributed by atoms with van der Waals surface area (Å²) in [5.74, 6) is 0.950. The third kappa shape index (κ3) is 2.52. The SMILES string of the molecule is COc1cc(C)cc(CCBr)c1. The Morgan fingerprint density at radius 1 is 1.33 bits per heavy atom. The highest BCUT2D eigenvalue weighted by Gasteiger charge is 1.97. The molecule has 0 saturated carbocycles. The van der Waals surface area contributed by atoms with E-state index in [1.54, 1.807) is 7.11 Å². The van der Waals surface area contributed by atoms with Crippen LogP contribution in [0.3, 0.4) is 0 Å². The number of rotatable bonds is 3. The van der Waals surface area contributed by atoms with Crippen LogP contribution in [0.4, 0.5) is 0 Å². The van der Waals surface area contributed by atoms with Crippen LogP contribution in [0.2, 0.25) is 0 Å². The number of halogens is 1. The van der Waals surface area contributed by atoms with E-state index in [1.807, 2.05) is 6.07 Å². The first-order valence-electron chi connectivity index (χ1n) is 3.97. The molecular formula is C10H13BrO. The molecule has 0 amide bonds. The minimum atomic E-state index is 0.950. The van der Waals surface area contributed by atoms with Crippen molar-refractivity contribution >= 4 is 15.9 Å². The molecule has 0 aromatic heterocycles. The van der Waals surface area contributed by atoms with Gasteiger partial charge in [-0.25, -0.2) is 0 Å². The number of aryl methyl sites for hydroxylation is 2. The minimum Gasteiger partial charge on any atom is -0.497 e. The van der Waals surface area contributed by atoms with Gasteiger partial charge in [0.1, 0.15) is 5.75 Å². The second-order valence-electron chi connectivity index (χ2n) is 2.80. The van der Waals surface area contributed by atoms with E-state index in [0.717, 1.165) is 17.5 Å². The standard InChI is InChI=1S/C10H13BrO/c1-8-5-9(3-4-11)7-10(6-8)12-2/h5-7H,3-4H2,1-2H3. The van der Waals surface area contributed by atoms with E-state index in [2.05, 4.69) is 35.0 Å². The third-order valence-electron chi connectivity index (χ3n) is 1.73. The molecule has 0 aliphatic rings. The van der Waals surface area contributed by atoms with E-state index in [0.29, 0.717) is 0 Å². The number of benzene rings is 1. The Balaban J connectivity index is 2.90. The van der Waals surface area contributed by atoms with Crippen LogP contribution in [0, 0.1) is 6.92 Å². The molecule has 0 bridgehead atoms. The zero-order chi connectivity index (χ0) is 8.97. The lowest BCUT2D eigenvalue weighted by molar-refractivity contribution is 0.414. The van der Waals surface area contributed by atoms with Crippen molar-refractivity contribution in [2.45, 2.75) is 13.3 Å². The highest BCUT2D eigenvalue weighted by atomic mass is 79.9. The van der Waals surface area contributed by atoms with Crippen molar-refractivity contribution in [3.8, 4) is 5.75 Å². The maximum Gasteiger partial charge on any atom is 0.119 e. The fraction of sp³-hybridized carbons (Fsp3) is 0.400. The van der Waals surface area contributed by atoms with Gasteiger partial charge in [0.15, 0.2) is 0 Å². The maximum absolute atomic E-state index is 5.17. The zero-order valence-electron chi connectivity index (χ0n) is 7.43. The third-order valence-corrected chi connectivity index (χ3v) is 2.13. The fourth-order valence-electron chi connectivity index (χ4n) is 1.20. The first-order chi connectivity index (χ1) is 5.76. The zero-order valence-corrected chi connectivity index (χ0v) is 9.02. The number of hydrogen-bond acceptors (Lipinski definition) is 1. The van der Waals surface area contributed by atoms with E-state index in [9.17, 15) is 0 Å². The predicted molar refractivity (Wildman–Crippen MR) is 55.2 cm³/mol. The number of methoxy groups -OCH3 is 1. The Hall–Kier alpha value is -0.500. The summed E-state index contributed by atoms with van der Waals surface area (Å²) < 4.78 is 5.17. The van der Waals surface area contributed by atoms with Crippen molar-refractivity contribution in [3.05, 3.63) is 29.3 Å². The molecule has 0 atom stereocenters. The van der Waals surface area contributed by atoms with Crippen molar-refractivity contribution in [2.75, 3.05) is 12.4 Å². The van der Waals surface area contributed by atoms with E-state index in [1.165, 1.54) is 11.1 Å². The quantitative estimate of drug-likeness (QED) is 0.724. The van der Waals surface area contributed by atoms with Crippen LogP contribution in [0.15, 0.2) is 18.2 Å². The molecule has 0 fully saturated rings. The molecule has 0 unspecified atom stereocenters. The van der Waals surface area contributed by atoms with Crippen LogP contribution in [-0.4, -0.2) is 12.4 Å². The van der Waals surface area contributed by atoms with Crippen LogP contribution >= 0.6 is 15.9 Å². The first kappa shape index (κ1) is 9.59. The monoisotopic (exact) mass is 228 g/mol. The lowest BCUT2D eigenvalue weighted by Gasteiger charge is -2.04. The summed E-state index contributed by atoms with van der Waals surface area (Å²) in [6, 6.07) is 6.30. The van der Waals surface area contributed by atoms with Crippen LogP contribution < -0.4 is 4.74 Å². The summed E-state index contributed by atoms with van der Waals surface area (Å²) in [5.41, 5.74) is 2.58. The molecule has 0 aliphatic carbocycles. The van der Waals surface area contributed by atoms with E-state index in [4.69, 9.17) is 4.74 Å². The van der Waals surface area contributed by atoms with Crippen molar-refractivity contribution in [2.24, 2.45) is 0 Å². The smallest absolute Gasteiger partial charge is 0.119 e. The summed E-state index contributed by atoms with van der Waals surface area (Å²) in [6.07, 6.45) is 1.05. The largest absolute Gasteiger partial charge is 0.497 e. The second kappa shape index (κ2) is 4.51. The van der Waals surface area contributed by atoms with E-state index in [-0.39, 0.29) is 0 Å². The van der Waals surface area contributed by atoms with Crippen molar-refractivity contribution < 1.29 is 4.74 Å². The van der Waals surface area contributed by atoms with Crippen LogP contribution in [0.5, 0.6) is 5.75 Å². The van der Waals surface area contributed by atoms with Gasteiger partial charge in [-0.05, 0) is 36.6 Å². The van der Waals surface area contributed by atoms with Gasteiger partial charge in [-0.2, -0.15) is 0 Å². The fourth-order valence-corrected chi connectivity index (χ4v) is 1.65. The second-order valence-corrected chi connectivity index (χ2v) is 3.59. The maximum atomic E-state index is 5.17. The Kier molecular flexibility index (Phi) is 3.60. The Morgan fingerprint density at radius 2 is 2.08 bits per heavy atom. The van der Waals surface area contributed by atoms with Crippen LogP contribution in [-0.2, 0) is 6.42 Å². The molecule has 12 heavy (non-hydrogen) atoms. The van der Waals surface area contributed by atoms with Gasteiger partial charge in [0, 0.05) is 5.33 Å². The van der Waals surface area contributed by atoms with Gasteiger partial charge in [0.05, 0.1) is 7.11 Å². The molecule has 2 heteroatoms. The molecule has 0 spiro atoms. The van der Waals surface area contributed by atoms with Crippen LogP contribution in [0.25, 0.3) is 0 Å². The topological polar surface area (TPSA) is 9.23 Å². The molecule has 0 aliphatic heterocycles. The summed E-state index contributed by atoms with van der Waals surface area (Å²) in [4.78, 5) is 0. The highest BCUT2D eigenvalue weighted by Crippen LogP contribution is 2.16. The lowest BCUT2D eigenvalue weighted by Crippen LogP contribution is -1.90. The highest BCUT2D eigenvalue weighted by molar-refractivity contribution is 9.09. The molecule has 0 heterocycles. The molecule has 1 nitrogen and oxygen atoms in total. The van der Waals surface area contributed by atoms with Gasteiger partial charge in [0.25, 0.3) is 0 Å². The van der Waals surface area contributed by atoms with Gasteiger partial charge < -0.3 is 4.74 Å². The Morgan fingerprint density at radius 3 is 2.67 bits per heavy atom. The van der Waals surface area contributed by atoms with Crippen molar-refractivity contribution in [1.29, 1.82) is 0 Å².